The average molecular weight is 263 g/mol. The molecule has 1 N–H and O–H groups in total. The van der Waals surface area contributed by atoms with E-state index in [0.717, 1.165) is 34.4 Å². The summed E-state index contributed by atoms with van der Waals surface area (Å²) in [6.45, 7) is 6.06. The lowest BCUT2D eigenvalue weighted by molar-refractivity contribution is -0.116. The maximum absolute atomic E-state index is 11.6. The molecule has 1 amide bonds. The maximum atomic E-state index is 11.6. The van der Waals surface area contributed by atoms with Gasteiger partial charge in [0, 0.05) is 12.1 Å². The van der Waals surface area contributed by atoms with Gasteiger partial charge < -0.3 is 5.32 Å². The van der Waals surface area contributed by atoms with Gasteiger partial charge in [-0.3, -0.25) is 4.79 Å². The molecule has 0 fully saturated rings. The van der Waals surface area contributed by atoms with Crippen LogP contribution in [0.1, 0.15) is 37.4 Å². The van der Waals surface area contributed by atoms with E-state index in [4.69, 9.17) is 0 Å². The van der Waals surface area contributed by atoms with E-state index in [2.05, 4.69) is 22.2 Å². The highest BCUT2D eigenvalue weighted by Crippen LogP contribution is 2.28. The van der Waals surface area contributed by atoms with Crippen molar-refractivity contribution in [3.63, 3.8) is 0 Å². The summed E-state index contributed by atoms with van der Waals surface area (Å²) in [6, 6.07) is 2.03. The highest BCUT2D eigenvalue weighted by molar-refractivity contribution is 7.22. The fourth-order valence-corrected chi connectivity index (χ4v) is 2.69. The summed E-state index contributed by atoms with van der Waals surface area (Å²) < 4.78 is 1.05. The molecule has 18 heavy (non-hydrogen) atoms. The Balaban J connectivity index is 2.20. The summed E-state index contributed by atoms with van der Waals surface area (Å²) in [5.74, 6) is 0.0327. The van der Waals surface area contributed by atoms with Gasteiger partial charge in [0.25, 0.3) is 0 Å². The van der Waals surface area contributed by atoms with E-state index in [0.29, 0.717) is 11.6 Å². The first-order valence-electron chi connectivity index (χ1n) is 6.14. The Bertz CT molecular complexity index is 577. The highest BCUT2D eigenvalue weighted by Gasteiger charge is 2.10. The number of aryl methyl sites for hydroxylation is 2. The van der Waals surface area contributed by atoms with Crippen molar-refractivity contribution < 1.29 is 4.79 Å². The van der Waals surface area contributed by atoms with Crippen LogP contribution < -0.4 is 5.32 Å². The molecule has 5 heteroatoms. The number of amides is 1. The number of carbonyl (C=O) groups excluding carboxylic acids is 1. The van der Waals surface area contributed by atoms with Gasteiger partial charge in [0.05, 0.1) is 4.70 Å². The standard InChI is InChI=1S/C13H17N3OS/c1-4-5-6-10(17)15-13-16-12-11(18-13)8(2)7-9(3)14-12/h7H,4-6H2,1-3H3,(H,14,15,16,17). The number of carbonyl (C=O) groups is 1. The third-order valence-corrected chi connectivity index (χ3v) is 3.77. The van der Waals surface area contributed by atoms with Gasteiger partial charge in [0.15, 0.2) is 10.8 Å². The Hall–Kier alpha value is -1.49. The molecule has 0 saturated heterocycles. The third-order valence-electron chi connectivity index (χ3n) is 2.68. The first-order chi connectivity index (χ1) is 8.60. The number of fused-ring (bicyclic) bond motifs is 1. The number of aromatic nitrogens is 2. The zero-order valence-electron chi connectivity index (χ0n) is 10.9. The number of rotatable bonds is 4. The minimum atomic E-state index is 0.0327. The maximum Gasteiger partial charge on any atom is 0.226 e. The summed E-state index contributed by atoms with van der Waals surface area (Å²) in [7, 11) is 0. The lowest BCUT2D eigenvalue weighted by atomic mass is 10.2. The second-order valence-electron chi connectivity index (χ2n) is 4.40. The molecule has 2 heterocycles. The monoisotopic (exact) mass is 263 g/mol. The van der Waals surface area contributed by atoms with E-state index < -0.39 is 0 Å². The van der Waals surface area contributed by atoms with Crippen LogP contribution in [-0.4, -0.2) is 15.9 Å². The van der Waals surface area contributed by atoms with Gasteiger partial charge in [-0.1, -0.05) is 24.7 Å². The van der Waals surface area contributed by atoms with Crippen molar-refractivity contribution in [2.75, 3.05) is 5.32 Å². The van der Waals surface area contributed by atoms with Crippen LogP contribution in [0.3, 0.4) is 0 Å². The number of anilines is 1. The van der Waals surface area contributed by atoms with E-state index in [1.807, 2.05) is 19.9 Å². The first kappa shape index (κ1) is 13.0. The molecule has 0 saturated carbocycles. The Kier molecular flexibility index (Phi) is 3.91. The molecule has 2 rings (SSSR count). The van der Waals surface area contributed by atoms with Crippen LogP contribution in [0.5, 0.6) is 0 Å². The highest BCUT2D eigenvalue weighted by atomic mass is 32.1. The van der Waals surface area contributed by atoms with Gasteiger partial charge >= 0.3 is 0 Å². The van der Waals surface area contributed by atoms with Crippen molar-refractivity contribution in [1.29, 1.82) is 0 Å². The zero-order chi connectivity index (χ0) is 13.1. The normalized spacial score (nSPS) is 10.8. The number of unbranched alkanes of at least 4 members (excludes halogenated alkanes) is 1. The number of thiazole rings is 1. The molecule has 2 aromatic rings. The van der Waals surface area contributed by atoms with Crippen LogP contribution in [-0.2, 0) is 4.79 Å². The second-order valence-corrected chi connectivity index (χ2v) is 5.40. The molecule has 2 aromatic heterocycles. The topological polar surface area (TPSA) is 54.9 Å². The van der Waals surface area contributed by atoms with Crippen LogP contribution in [0.25, 0.3) is 10.3 Å². The molecular weight excluding hydrogens is 246 g/mol. The zero-order valence-corrected chi connectivity index (χ0v) is 11.7. The van der Waals surface area contributed by atoms with Crippen molar-refractivity contribution in [2.24, 2.45) is 0 Å². The second kappa shape index (κ2) is 5.44. The minimum absolute atomic E-state index is 0.0327. The number of hydrogen-bond donors (Lipinski definition) is 1. The molecule has 0 radical (unpaired) electrons. The summed E-state index contributed by atoms with van der Waals surface area (Å²) >= 11 is 1.49. The van der Waals surface area contributed by atoms with Gasteiger partial charge in [0.2, 0.25) is 5.91 Å². The molecule has 0 aliphatic heterocycles. The van der Waals surface area contributed by atoms with Gasteiger partial charge in [-0.2, -0.15) is 4.98 Å². The summed E-state index contributed by atoms with van der Waals surface area (Å²) in [5.41, 5.74) is 2.83. The predicted molar refractivity (Wildman–Crippen MR) is 75.0 cm³/mol. The molecule has 0 aliphatic carbocycles. The van der Waals surface area contributed by atoms with Crippen molar-refractivity contribution in [3.05, 3.63) is 17.3 Å². The van der Waals surface area contributed by atoms with Crippen molar-refractivity contribution in [3.8, 4) is 0 Å². The summed E-state index contributed by atoms with van der Waals surface area (Å²) in [4.78, 5) is 20.4. The molecule has 0 bridgehead atoms. The average Bonchev–Trinajstić information content (AvgIpc) is 2.69. The van der Waals surface area contributed by atoms with E-state index >= 15 is 0 Å². The van der Waals surface area contributed by atoms with Crippen LogP contribution in [0, 0.1) is 13.8 Å². The summed E-state index contributed by atoms with van der Waals surface area (Å²) in [6.07, 6.45) is 2.48. The Morgan fingerprint density at radius 3 is 2.89 bits per heavy atom. The molecule has 0 unspecified atom stereocenters. The smallest absolute Gasteiger partial charge is 0.226 e. The third kappa shape index (κ3) is 2.85. The number of hydrogen-bond acceptors (Lipinski definition) is 4. The molecular formula is C13H17N3OS. The van der Waals surface area contributed by atoms with Crippen LogP contribution >= 0.6 is 11.3 Å². The molecule has 96 valence electrons. The minimum Gasteiger partial charge on any atom is -0.302 e. The fourth-order valence-electron chi connectivity index (χ4n) is 1.80. The van der Waals surface area contributed by atoms with Gasteiger partial charge in [0.1, 0.15) is 0 Å². The van der Waals surface area contributed by atoms with Crippen molar-refractivity contribution >= 4 is 32.7 Å². The molecule has 0 aliphatic rings. The summed E-state index contributed by atoms with van der Waals surface area (Å²) in [5, 5.41) is 3.49. The number of pyridine rings is 1. The van der Waals surface area contributed by atoms with E-state index in [-0.39, 0.29) is 5.91 Å². The Labute approximate surface area is 110 Å². The van der Waals surface area contributed by atoms with E-state index in [9.17, 15) is 4.79 Å². The van der Waals surface area contributed by atoms with Crippen molar-refractivity contribution in [1.82, 2.24) is 9.97 Å². The predicted octanol–water partition coefficient (Wildman–Crippen LogP) is 3.44. The van der Waals surface area contributed by atoms with Crippen LogP contribution in [0.15, 0.2) is 6.07 Å². The van der Waals surface area contributed by atoms with Crippen molar-refractivity contribution in [2.45, 2.75) is 40.0 Å². The first-order valence-corrected chi connectivity index (χ1v) is 6.96. The molecule has 4 nitrogen and oxygen atoms in total. The molecule has 0 aromatic carbocycles. The van der Waals surface area contributed by atoms with Gasteiger partial charge in [-0.05, 0) is 31.9 Å². The fraction of sp³-hybridized carbons (Fsp3) is 0.462. The lowest BCUT2D eigenvalue weighted by Gasteiger charge is -1.98. The van der Waals surface area contributed by atoms with Gasteiger partial charge in [-0.25, -0.2) is 4.98 Å². The Morgan fingerprint density at radius 2 is 2.17 bits per heavy atom. The largest absolute Gasteiger partial charge is 0.302 e. The van der Waals surface area contributed by atoms with Crippen LogP contribution in [0.2, 0.25) is 0 Å². The quantitative estimate of drug-likeness (QED) is 0.919. The Morgan fingerprint density at radius 1 is 1.39 bits per heavy atom. The molecule has 0 atom stereocenters. The lowest BCUT2D eigenvalue weighted by Crippen LogP contribution is -2.10. The number of nitrogens with one attached hydrogen (secondary N) is 1. The van der Waals surface area contributed by atoms with Crippen LogP contribution in [0.4, 0.5) is 5.13 Å². The SMILES string of the molecule is CCCCC(=O)Nc1nc2nc(C)cc(C)c2s1. The molecule has 0 spiro atoms. The van der Waals surface area contributed by atoms with E-state index in [1.54, 1.807) is 0 Å². The number of nitrogens with zero attached hydrogens (tertiary/aromatic N) is 2. The van der Waals surface area contributed by atoms with E-state index in [1.165, 1.54) is 11.3 Å². The van der Waals surface area contributed by atoms with Gasteiger partial charge in [-0.15, -0.1) is 0 Å².